The maximum atomic E-state index is 13.2. The molecule has 2 heterocycles. The van der Waals surface area contributed by atoms with Gasteiger partial charge >= 0.3 is 11.9 Å². The molecule has 1 aliphatic carbocycles. The van der Waals surface area contributed by atoms with E-state index in [9.17, 15) is 14.4 Å². The zero-order chi connectivity index (χ0) is 23.7. The van der Waals surface area contributed by atoms with Gasteiger partial charge in [-0.15, -0.1) is 0 Å². The molecule has 1 aromatic carbocycles. The molecule has 0 spiro atoms. The molecule has 7 heteroatoms. The summed E-state index contributed by atoms with van der Waals surface area (Å²) in [6.07, 6.45) is 4.63. The third kappa shape index (κ3) is 4.56. The number of carbonyl (C=O) groups excluding carboxylic acids is 3. The van der Waals surface area contributed by atoms with Crippen molar-refractivity contribution in [1.82, 2.24) is 9.80 Å². The first-order valence-corrected chi connectivity index (χ1v) is 12.0. The van der Waals surface area contributed by atoms with Crippen LogP contribution < -0.4 is 0 Å². The molecule has 3 aliphatic rings. The number of hydrogen-bond donors (Lipinski definition) is 0. The van der Waals surface area contributed by atoms with Gasteiger partial charge in [-0.3, -0.25) is 4.79 Å². The number of ether oxygens (including phenoxy) is 2. The highest BCUT2D eigenvalue weighted by Gasteiger charge is 2.34. The summed E-state index contributed by atoms with van der Waals surface area (Å²) >= 11 is 0. The first kappa shape index (κ1) is 23.5. The molecule has 1 aromatic rings. The molecule has 0 unspecified atom stereocenters. The second kappa shape index (κ2) is 9.67. The van der Waals surface area contributed by atoms with Gasteiger partial charge in [0.2, 0.25) is 5.91 Å². The topological polar surface area (TPSA) is 76.2 Å². The Labute approximate surface area is 195 Å². The van der Waals surface area contributed by atoms with Crippen LogP contribution in [-0.4, -0.2) is 60.4 Å². The quantitative estimate of drug-likeness (QED) is 0.588. The molecule has 33 heavy (non-hydrogen) atoms. The molecule has 7 nitrogen and oxygen atoms in total. The van der Waals surface area contributed by atoms with Crippen LogP contribution in [-0.2, 0) is 32.1 Å². The third-order valence-corrected chi connectivity index (χ3v) is 7.67. The molecule has 0 bridgehead atoms. The fourth-order valence-electron chi connectivity index (χ4n) is 5.36. The van der Waals surface area contributed by atoms with E-state index < -0.39 is 0 Å². The molecule has 178 valence electrons. The minimum Gasteiger partial charge on any atom is -0.457 e. The zero-order valence-corrected chi connectivity index (χ0v) is 20.1. The van der Waals surface area contributed by atoms with Gasteiger partial charge in [0, 0.05) is 30.6 Å². The van der Waals surface area contributed by atoms with E-state index in [1.807, 2.05) is 13.0 Å². The van der Waals surface area contributed by atoms with E-state index in [0.29, 0.717) is 30.3 Å². The van der Waals surface area contributed by atoms with E-state index in [4.69, 9.17) is 9.47 Å². The van der Waals surface area contributed by atoms with Gasteiger partial charge in [-0.05, 0) is 77.1 Å². The fraction of sp³-hybridized carbons (Fsp3) is 0.577. The van der Waals surface area contributed by atoms with E-state index in [1.54, 1.807) is 11.8 Å². The van der Waals surface area contributed by atoms with E-state index >= 15 is 0 Å². The summed E-state index contributed by atoms with van der Waals surface area (Å²) in [5.41, 5.74) is 5.44. The molecule has 4 rings (SSSR count). The number of nitrogens with zero attached hydrogens (tertiary/aromatic N) is 2. The van der Waals surface area contributed by atoms with Crippen molar-refractivity contribution >= 4 is 17.8 Å². The van der Waals surface area contributed by atoms with Crippen LogP contribution in [0.3, 0.4) is 0 Å². The summed E-state index contributed by atoms with van der Waals surface area (Å²) in [5, 5.41) is 0. The second-order valence-electron chi connectivity index (χ2n) is 9.42. The lowest BCUT2D eigenvalue weighted by Crippen LogP contribution is -2.42. The minimum atomic E-state index is -0.320. The van der Waals surface area contributed by atoms with Crippen molar-refractivity contribution in [3.8, 4) is 0 Å². The second-order valence-corrected chi connectivity index (χ2v) is 9.42. The lowest BCUT2D eigenvalue weighted by Gasteiger charge is -2.36. The van der Waals surface area contributed by atoms with Gasteiger partial charge in [0.15, 0.2) is 0 Å². The number of amides is 1. The molecular weight excluding hydrogens is 420 g/mol. The van der Waals surface area contributed by atoms with Crippen LogP contribution in [0.1, 0.15) is 66.6 Å². The van der Waals surface area contributed by atoms with Gasteiger partial charge in [0.05, 0.1) is 16.8 Å². The predicted octanol–water partition coefficient (Wildman–Crippen LogP) is 3.38. The highest BCUT2D eigenvalue weighted by Crippen LogP contribution is 2.31. The van der Waals surface area contributed by atoms with Crippen molar-refractivity contribution in [1.29, 1.82) is 0 Å². The first-order chi connectivity index (χ1) is 15.8. The summed E-state index contributed by atoms with van der Waals surface area (Å²) < 4.78 is 10.3. The smallest absolute Gasteiger partial charge is 0.338 e. The highest BCUT2D eigenvalue weighted by atomic mass is 16.5. The van der Waals surface area contributed by atoms with Gasteiger partial charge in [-0.1, -0.05) is 6.07 Å². The van der Waals surface area contributed by atoms with Gasteiger partial charge in [0.1, 0.15) is 13.2 Å². The number of fused-ring (bicyclic) bond motifs is 1. The van der Waals surface area contributed by atoms with Crippen LogP contribution in [0.5, 0.6) is 0 Å². The lowest BCUT2D eigenvalue weighted by molar-refractivity contribution is -0.138. The zero-order valence-electron chi connectivity index (χ0n) is 20.1. The van der Waals surface area contributed by atoms with Crippen LogP contribution >= 0.6 is 0 Å². The SMILES string of the molecule is CCN(C(=O)C1CCC(N(C)CCc2ccc3c(c2C)COC3=O)CC1)C1=C(C)C(=O)OC1. The molecule has 0 aromatic heterocycles. The van der Waals surface area contributed by atoms with Crippen molar-refractivity contribution in [2.75, 3.05) is 26.7 Å². The summed E-state index contributed by atoms with van der Waals surface area (Å²) in [6.45, 7) is 7.83. The Morgan fingerprint density at radius 3 is 2.36 bits per heavy atom. The molecule has 1 fully saturated rings. The van der Waals surface area contributed by atoms with Gasteiger partial charge in [0.25, 0.3) is 0 Å². The fourth-order valence-corrected chi connectivity index (χ4v) is 5.36. The molecule has 1 amide bonds. The number of benzene rings is 1. The van der Waals surface area contributed by atoms with Crippen LogP contribution in [0.2, 0.25) is 0 Å². The number of rotatable bonds is 7. The Morgan fingerprint density at radius 2 is 1.73 bits per heavy atom. The van der Waals surface area contributed by atoms with Crippen LogP contribution in [0.15, 0.2) is 23.4 Å². The molecule has 0 saturated heterocycles. The van der Waals surface area contributed by atoms with Crippen molar-refractivity contribution in [2.45, 2.75) is 65.5 Å². The standard InChI is InChI=1S/C26H34N2O5/c1-5-28(23-15-33-25(30)17(23)3)24(29)19-6-9-20(10-7-19)27(4)13-12-18-8-11-21-22(16(18)2)14-32-26(21)31/h8,11,19-20H,5-7,9-10,12-15H2,1-4H3. The van der Waals surface area contributed by atoms with Crippen LogP contribution in [0.4, 0.5) is 0 Å². The van der Waals surface area contributed by atoms with E-state index in [2.05, 4.69) is 24.9 Å². The molecule has 2 aliphatic heterocycles. The van der Waals surface area contributed by atoms with Gasteiger partial charge < -0.3 is 19.3 Å². The minimum absolute atomic E-state index is 0.00194. The lowest BCUT2D eigenvalue weighted by atomic mass is 9.84. The van der Waals surface area contributed by atoms with E-state index in [0.717, 1.165) is 49.9 Å². The van der Waals surface area contributed by atoms with Crippen LogP contribution in [0, 0.1) is 12.8 Å². The monoisotopic (exact) mass is 454 g/mol. The molecule has 0 radical (unpaired) electrons. The molecular formula is C26H34N2O5. The number of esters is 2. The molecule has 0 N–H and O–H groups in total. The van der Waals surface area contributed by atoms with E-state index in [-0.39, 0.29) is 30.4 Å². The average Bonchev–Trinajstić information content (AvgIpc) is 3.36. The summed E-state index contributed by atoms with van der Waals surface area (Å²) in [5.74, 6) is -0.415. The third-order valence-electron chi connectivity index (χ3n) is 7.67. The first-order valence-electron chi connectivity index (χ1n) is 12.0. The number of likely N-dealkylation sites (N-methyl/N-ethyl adjacent to an activating group) is 2. The maximum Gasteiger partial charge on any atom is 0.338 e. The van der Waals surface area contributed by atoms with Crippen LogP contribution in [0.25, 0.3) is 0 Å². The number of hydrogen-bond acceptors (Lipinski definition) is 6. The van der Waals surface area contributed by atoms with E-state index in [1.165, 1.54) is 11.1 Å². The summed E-state index contributed by atoms with van der Waals surface area (Å²) in [4.78, 5) is 40.8. The normalized spacial score (nSPS) is 22.5. The Bertz CT molecular complexity index is 991. The molecule has 1 saturated carbocycles. The number of cyclic esters (lactones) is 2. The Hall–Kier alpha value is -2.67. The van der Waals surface area contributed by atoms with Crippen molar-refractivity contribution in [3.05, 3.63) is 45.7 Å². The Kier molecular flexibility index (Phi) is 6.88. The highest BCUT2D eigenvalue weighted by molar-refractivity contribution is 5.94. The van der Waals surface area contributed by atoms with Crippen molar-refractivity contribution < 1.29 is 23.9 Å². The van der Waals surface area contributed by atoms with Gasteiger partial charge in [-0.2, -0.15) is 0 Å². The predicted molar refractivity (Wildman–Crippen MR) is 123 cm³/mol. The Morgan fingerprint density at radius 1 is 1.03 bits per heavy atom. The largest absolute Gasteiger partial charge is 0.457 e. The summed E-state index contributed by atoms with van der Waals surface area (Å²) in [6, 6.07) is 4.40. The maximum absolute atomic E-state index is 13.2. The van der Waals surface area contributed by atoms with Crippen molar-refractivity contribution in [2.24, 2.45) is 5.92 Å². The molecule has 0 atom stereocenters. The average molecular weight is 455 g/mol. The van der Waals surface area contributed by atoms with Crippen molar-refractivity contribution in [3.63, 3.8) is 0 Å². The Balaban J connectivity index is 1.30. The summed E-state index contributed by atoms with van der Waals surface area (Å²) in [7, 11) is 2.16. The number of carbonyl (C=O) groups is 3. The van der Waals surface area contributed by atoms with Gasteiger partial charge in [-0.25, -0.2) is 9.59 Å².